The summed E-state index contributed by atoms with van der Waals surface area (Å²) in [4.78, 5) is 23.7. The normalized spacial score (nSPS) is 12.0. The van der Waals surface area contributed by atoms with Gasteiger partial charge in [0.2, 0.25) is 11.8 Å². The average molecular weight is 330 g/mol. The Labute approximate surface area is 138 Å². The summed E-state index contributed by atoms with van der Waals surface area (Å²) < 4.78 is 26.3. The lowest BCUT2D eigenvalue weighted by molar-refractivity contribution is -0.123. The fourth-order valence-corrected chi connectivity index (χ4v) is 1.89. The van der Waals surface area contributed by atoms with Crippen LogP contribution in [-0.4, -0.2) is 17.9 Å². The van der Waals surface area contributed by atoms with Gasteiger partial charge in [-0.3, -0.25) is 9.59 Å². The third-order valence-corrected chi connectivity index (χ3v) is 3.17. The summed E-state index contributed by atoms with van der Waals surface area (Å²) in [5.41, 5.74) is 0.695. The van der Waals surface area contributed by atoms with Crippen LogP contribution < -0.4 is 10.6 Å². The summed E-state index contributed by atoms with van der Waals surface area (Å²) in [6, 6.07) is 11.1. The second kappa shape index (κ2) is 8.01. The number of halogens is 2. The van der Waals surface area contributed by atoms with Crippen molar-refractivity contribution in [3.63, 3.8) is 0 Å². The van der Waals surface area contributed by atoms with Crippen molar-refractivity contribution in [2.24, 2.45) is 0 Å². The molecule has 124 valence electrons. The van der Waals surface area contributed by atoms with Crippen LogP contribution in [0.1, 0.15) is 12.5 Å². The van der Waals surface area contributed by atoms with Gasteiger partial charge in [0.05, 0.1) is 5.69 Å². The zero-order valence-electron chi connectivity index (χ0n) is 12.9. The van der Waals surface area contributed by atoms with Gasteiger partial charge in [-0.1, -0.05) is 30.3 Å². The molecular weight excluding hydrogens is 314 g/mol. The van der Waals surface area contributed by atoms with Crippen LogP contribution in [0, 0.1) is 11.6 Å². The molecule has 2 aromatic carbocycles. The predicted molar refractivity (Wildman–Crippen MR) is 88.1 cm³/mol. The molecule has 0 aliphatic carbocycles. The number of nitrogens with one attached hydrogen (secondary N) is 2. The molecule has 24 heavy (non-hydrogen) atoms. The number of carbonyl (C=O) groups is 2. The van der Waals surface area contributed by atoms with Gasteiger partial charge in [-0.2, -0.15) is 0 Å². The number of hydrogen-bond donors (Lipinski definition) is 2. The highest BCUT2D eigenvalue weighted by atomic mass is 19.1. The van der Waals surface area contributed by atoms with Crippen LogP contribution >= 0.6 is 0 Å². The Morgan fingerprint density at radius 2 is 1.79 bits per heavy atom. The Balaban J connectivity index is 1.91. The summed E-state index contributed by atoms with van der Waals surface area (Å²) in [7, 11) is 0. The van der Waals surface area contributed by atoms with Crippen molar-refractivity contribution in [2.75, 3.05) is 5.32 Å². The summed E-state index contributed by atoms with van der Waals surface area (Å²) in [5.74, 6) is -2.69. The second-order valence-corrected chi connectivity index (χ2v) is 5.09. The van der Waals surface area contributed by atoms with Crippen molar-refractivity contribution in [3.05, 3.63) is 71.8 Å². The zero-order chi connectivity index (χ0) is 17.5. The maximum Gasteiger partial charge on any atom is 0.246 e. The van der Waals surface area contributed by atoms with Crippen molar-refractivity contribution >= 4 is 23.6 Å². The van der Waals surface area contributed by atoms with Crippen molar-refractivity contribution < 1.29 is 18.4 Å². The van der Waals surface area contributed by atoms with Gasteiger partial charge in [0, 0.05) is 12.1 Å². The molecule has 0 aliphatic rings. The number of hydrogen-bond acceptors (Lipinski definition) is 2. The molecule has 2 rings (SSSR count). The van der Waals surface area contributed by atoms with E-state index >= 15 is 0 Å². The lowest BCUT2D eigenvalue weighted by atomic mass is 10.2. The monoisotopic (exact) mass is 330 g/mol. The SMILES string of the molecule is C[C@H](NC(=O)/C=C/c1ccccc1)C(=O)Nc1ccc(F)cc1F. The van der Waals surface area contributed by atoms with Crippen LogP contribution in [0.25, 0.3) is 6.08 Å². The molecular formula is C18H16F2N2O2. The Hall–Kier alpha value is -3.02. The van der Waals surface area contributed by atoms with Gasteiger partial charge in [-0.05, 0) is 30.7 Å². The van der Waals surface area contributed by atoms with Gasteiger partial charge < -0.3 is 10.6 Å². The molecule has 0 aromatic heterocycles. The largest absolute Gasteiger partial charge is 0.341 e. The highest BCUT2D eigenvalue weighted by Gasteiger charge is 2.16. The van der Waals surface area contributed by atoms with Gasteiger partial charge >= 0.3 is 0 Å². The van der Waals surface area contributed by atoms with E-state index in [-0.39, 0.29) is 5.69 Å². The molecule has 0 radical (unpaired) electrons. The Bertz CT molecular complexity index is 761. The first-order valence-electron chi connectivity index (χ1n) is 7.25. The molecule has 0 fully saturated rings. The first-order chi connectivity index (χ1) is 11.5. The average Bonchev–Trinajstić information content (AvgIpc) is 2.56. The van der Waals surface area contributed by atoms with E-state index in [1.165, 1.54) is 13.0 Å². The molecule has 0 heterocycles. The molecule has 6 heteroatoms. The van der Waals surface area contributed by atoms with E-state index in [0.717, 1.165) is 17.7 Å². The van der Waals surface area contributed by atoms with Crippen molar-refractivity contribution in [2.45, 2.75) is 13.0 Å². The lowest BCUT2D eigenvalue weighted by Crippen LogP contribution is -2.41. The molecule has 0 saturated heterocycles. The van der Waals surface area contributed by atoms with Crippen LogP contribution in [0.3, 0.4) is 0 Å². The maximum atomic E-state index is 13.5. The smallest absolute Gasteiger partial charge is 0.246 e. The highest BCUT2D eigenvalue weighted by Crippen LogP contribution is 2.15. The Morgan fingerprint density at radius 1 is 1.08 bits per heavy atom. The zero-order valence-corrected chi connectivity index (χ0v) is 12.9. The van der Waals surface area contributed by atoms with E-state index in [1.54, 1.807) is 6.08 Å². The van der Waals surface area contributed by atoms with Crippen LogP contribution in [-0.2, 0) is 9.59 Å². The lowest BCUT2D eigenvalue weighted by Gasteiger charge is -2.13. The van der Waals surface area contributed by atoms with Gasteiger partial charge in [0.25, 0.3) is 0 Å². The van der Waals surface area contributed by atoms with Crippen molar-refractivity contribution in [1.29, 1.82) is 0 Å². The first kappa shape index (κ1) is 17.3. The van der Waals surface area contributed by atoms with Crippen molar-refractivity contribution in [3.8, 4) is 0 Å². The molecule has 0 spiro atoms. The predicted octanol–water partition coefficient (Wildman–Crippen LogP) is 3.12. The van der Waals surface area contributed by atoms with E-state index in [4.69, 9.17) is 0 Å². The summed E-state index contributed by atoms with van der Waals surface area (Å²) in [6.45, 7) is 1.46. The molecule has 2 N–H and O–H groups in total. The molecule has 4 nitrogen and oxygen atoms in total. The minimum absolute atomic E-state index is 0.151. The van der Waals surface area contributed by atoms with Gasteiger partial charge in [-0.15, -0.1) is 0 Å². The van der Waals surface area contributed by atoms with Gasteiger partial charge in [0.1, 0.15) is 17.7 Å². The third-order valence-electron chi connectivity index (χ3n) is 3.17. The van der Waals surface area contributed by atoms with Crippen LogP contribution in [0.2, 0.25) is 0 Å². The van der Waals surface area contributed by atoms with E-state index in [2.05, 4.69) is 10.6 Å². The van der Waals surface area contributed by atoms with E-state index < -0.39 is 29.5 Å². The number of rotatable bonds is 5. The molecule has 0 saturated carbocycles. The summed E-state index contributed by atoms with van der Waals surface area (Å²) >= 11 is 0. The molecule has 0 aliphatic heterocycles. The number of carbonyl (C=O) groups excluding carboxylic acids is 2. The maximum absolute atomic E-state index is 13.5. The highest BCUT2D eigenvalue weighted by molar-refractivity contribution is 5.99. The van der Waals surface area contributed by atoms with Gasteiger partial charge in [-0.25, -0.2) is 8.78 Å². The molecule has 2 amide bonds. The second-order valence-electron chi connectivity index (χ2n) is 5.09. The Morgan fingerprint density at radius 3 is 2.46 bits per heavy atom. The fraction of sp³-hybridized carbons (Fsp3) is 0.111. The van der Waals surface area contributed by atoms with E-state index in [9.17, 15) is 18.4 Å². The van der Waals surface area contributed by atoms with Crippen LogP contribution in [0.15, 0.2) is 54.6 Å². The number of anilines is 1. The van der Waals surface area contributed by atoms with E-state index in [0.29, 0.717) is 6.07 Å². The molecule has 0 bridgehead atoms. The molecule has 2 aromatic rings. The van der Waals surface area contributed by atoms with Gasteiger partial charge in [0.15, 0.2) is 0 Å². The van der Waals surface area contributed by atoms with Crippen LogP contribution in [0.4, 0.5) is 14.5 Å². The van der Waals surface area contributed by atoms with Crippen molar-refractivity contribution in [1.82, 2.24) is 5.32 Å². The summed E-state index contributed by atoms with van der Waals surface area (Å²) in [5, 5.41) is 4.76. The van der Waals surface area contributed by atoms with Crippen LogP contribution in [0.5, 0.6) is 0 Å². The fourth-order valence-electron chi connectivity index (χ4n) is 1.89. The number of benzene rings is 2. The quantitative estimate of drug-likeness (QED) is 0.828. The number of amides is 2. The van der Waals surface area contributed by atoms with E-state index in [1.807, 2.05) is 30.3 Å². The summed E-state index contributed by atoms with van der Waals surface area (Å²) in [6.07, 6.45) is 2.91. The Kier molecular flexibility index (Phi) is 5.78. The standard InChI is InChI=1S/C18H16F2N2O2/c1-12(18(24)22-16-9-8-14(19)11-15(16)20)21-17(23)10-7-13-5-3-2-4-6-13/h2-12H,1H3,(H,21,23)(H,22,24)/b10-7+/t12-/m0/s1. The molecule has 0 unspecified atom stereocenters. The molecule has 1 atom stereocenters. The topological polar surface area (TPSA) is 58.2 Å². The minimum atomic E-state index is -0.887. The minimum Gasteiger partial charge on any atom is -0.341 e. The first-order valence-corrected chi connectivity index (χ1v) is 7.25. The third kappa shape index (κ3) is 5.01.